The first kappa shape index (κ1) is 22.5. The van der Waals surface area contributed by atoms with Gasteiger partial charge in [0.2, 0.25) is 5.60 Å². The molecule has 0 bridgehead atoms. The number of aliphatic hydroxyl groups is 1. The van der Waals surface area contributed by atoms with Gasteiger partial charge in [0.1, 0.15) is 0 Å². The third-order valence-electron chi connectivity index (χ3n) is 3.33. The summed E-state index contributed by atoms with van der Waals surface area (Å²) < 4.78 is 39.0. The highest BCUT2D eigenvalue weighted by atomic mass is 32.2. The van der Waals surface area contributed by atoms with Gasteiger partial charge < -0.3 is 14.6 Å². The normalized spacial score (nSPS) is 14.7. The summed E-state index contributed by atoms with van der Waals surface area (Å²) >= 11 is 0. The number of aliphatic hydroxyl groups excluding tert-OH is 1. The number of ether oxygens (including phenoxy) is 2. The summed E-state index contributed by atoms with van der Waals surface area (Å²) in [6.45, 7) is 3.42. The molecule has 27 heavy (non-hydrogen) atoms. The third kappa shape index (κ3) is 5.21. The van der Waals surface area contributed by atoms with E-state index in [0.717, 1.165) is 31.2 Å². The molecule has 0 saturated heterocycles. The van der Waals surface area contributed by atoms with Crippen LogP contribution in [0.3, 0.4) is 0 Å². The van der Waals surface area contributed by atoms with Crippen LogP contribution in [0.2, 0.25) is 0 Å². The number of hydrogen-bond donors (Lipinski definition) is 1. The van der Waals surface area contributed by atoms with Gasteiger partial charge in [-0.1, -0.05) is 0 Å². The highest BCUT2D eigenvalue weighted by Gasteiger charge is 2.51. The van der Waals surface area contributed by atoms with Crippen LogP contribution in [-0.2, 0) is 33.4 Å². The Morgan fingerprint density at radius 3 is 2.15 bits per heavy atom. The molecule has 0 aliphatic carbocycles. The fourth-order valence-corrected chi connectivity index (χ4v) is 3.10. The zero-order valence-corrected chi connectivity index (χ0v) is 15.6. The monoisotopic (exact) mass is 405 g/mol. The van der Waals surface area contributed by atoms with Gasteiger partial charge in [0.25, 0.3) is 15.8 Å². The van der Waals surface area contributed by atoms with Gasteiger partial charge in [-0.05, 0) is 32.9 Å². The molecule has 1 aromatic rings. The van der Waals surface area contributed by atoms with E-state index in [9.17, 15) is 33.2 Å². The number of hydrogen-bond acceptors (Lipinski definition) is 10. The van der Waals surface area contributed by atoms with E-state index in [0.29, 0.717) is 0 Å². The summed E-state index contributed by atoms with van der Waals surface area (Å²) in [5.41, 5.74) is -3.00. The predicted molar refractivity (Wildman–Crippen MR) is 89.0 cm³/mol. The first-order valence-corrected chi connectivity index (χ1v) is 9.12. The molecule has 2 unspecified atom stereocenters. The number of carbonyl (C=O) groups is 2. The minimum Gasteiger partial charge on any atom is -0.464 e. The summed E-state index contributed by atoms with van der Waals surface area (Å²) in [6, 6.07) is 3.60. The predicted octanol–water partition coefficient (Wildman–Crippen LogP) is 0.546. The molecule has 1 N–H and O–H groups in total. The second-order valence-corrected chi connectivity index (χ2v) is 6.82. The number of nitro groups is 1. The molecule has 0 aliphatic rings. The zero-order chi connectivity index (χ0) is 20.8. The molecule has 1 rings (SSSR count). The minimum absolute atomic E-state index is 0.135. The summed E-state index contributed by atoms with van der Waals surface area (Å²) in [5, 5.41) is 20.8. The number of esters is 2. The van der Waals surface area contributed by atoms with Gasteiger partial charge in [0, 0.05) is 12.1 Å². The minimum atomic E-state index is -4.71. The molecule has 0 heterocycles. The Morgan fingerprint density at radius 2 is 1.70 bits per heavy atom. The smallest absolute Gasteiger partial charge is 0.343 e. The quantitative estimate of drug-likeness (QED) is 0.266. The van der Waals surface area contributed by atoms with Gasteiger partial charge in [-0.2, -0.15) is 8.42 Å². The van der Waals surface area contributed by atoms with Gasteiger partial charge in [0.05, 0.1) is 23.0 Å². The molecular formula is C15H19NO10S. The van der Waals surface area contributed by atoms with Crippen molar-refractivity contribution >= 4 is 27.7 Å². The average molecular weight is 405 g/mol. The average Bonchev–Trinajstić information content (AvgIpc) is 2.61. The van der Waals surface area contributed by atoms with Crippen molar-refractivity contribution < 1.29 is 41.7 Å². The second-order valence-electron chi connectivity index (χ2n) is 5.27. The Balaban J connectivity index is 3.28. The Bertz CT molecular complexity index is 804. The molecule has 11 nitrogen and oxygen atoms in total. The summed E-state index contributed by atoms with van der Waals surface area (Å²) in [6.07, 6.45) is -2.30. The van der Waals surface area contributed by atoms with Gasteiger partial charge in [-0.25, -0.2) is 13.8 Å². The van der Waals surface area contributed by atoms with Crippen LogP contribution in [-0.4, -0.2) is 55.3 Å². The van der Waals surface area contributed by atoms with E-state index >= 15 is 0 Å². The van der Waals surface area contributed by atoms with E-state index in [1.165, 1.54) is 13.8 Å². The fourth-order valence-electron chi connectivity index (χ4n) is 1.92. The lowest BCUT2D eigenvalue weighted by atomic mass is 9.99. The molecular weight excluding hydrogens is 386 g/mol. The summed E-state index contributed by atoms with van der Waals surface area (Å²) in [4.78, 5) is 33.4. The highest BCUT2D eigenvalue weighted by Crippen LogP contribution is 2.27. The first-order valence-electron chi connectivity index (χ1n) is 7.71. The maximum Gasteiger partial charge on any atom is 0.343 e. The molecule has 0 radical (unpaired) electrons. The van der Waals surface area contributed by atoms with E-state index in [4.69, 9.17) is 8.92 Å². The molecule has 2 atom stereocenters. The van der Waals surface area contributed by atoms with Gasteiger partial charge >= 0.3 is 11.9 Å². The Morgan fingerprint density at radius 1 is 1.19 bits per heavy atom. The second kappa shape index (κ2) is 8.88. The maximum absolute atomic E-state index is 12.5. The molecule has 0 aliphatic heterocycles. The van der Waals surface area contributed by atoms with Crippen LogP contribution in [0, 0.1) is 10.1 Å². The Labute approximate surface area is 155 Å². The van der Waals surface area contributed by atoms with E-state index in [-0.39, 0.29) is 18.9 Å². The molecule has 0 fully saturated rings. The van der Waals surface area contributed by atoms with Crippen molar-refractivity contribution in [3.8, 4) is 0 Å². The topological polar surface area (TPSA) is 159 Å². The van der Waals surface area contributed by atoms with E-state index in [1.54, 1.807) is 0 Å². The lowest BCUT2D eigenvalue weighted by molar-refractivity contribution is -0.384. The number of rotatable bonds is 9. The molecule has 12 heteroatoms. The van der Waals surface area contributed by atoms with Crippen LogP contribution in [0.5, 0.6) is 0 Å². The number of benzene rings is 1. The lowest BCUT2D eigenvalue weighted by Crippen LogP contribution is -2.55. The molecule has 0 amide bonds. The van der Waals surface area contributed by atoms with Gasteiger partial charge in [0.15, 0.2) is 6.10 Å². The van der Waals surface area contributed by atoms with Crippen LogP contribution in [0.4, 0.5) is 5.69 Å². The number of nitrogens with zero attached hydrogens (tertiary/aromatic N) is 1. The first-order chi connectivity index (χ1) is 12.5. The maximum atomic E-state index is 12.5. The molecule has 0 saturated carbocycles. The van der Waals surface area contributed by atoms with Crippen LogP contribution >= 0.6 is 0 Å². The summed E-state index contributed by atoms with van der Waals surface area (Å²) in [7, 11) is -4.71. The van der Waals surface area contributed by atoms with Crippen LogP contribution in [0.1, 0.15) is 20.8 Å². The SMILES string of the molecule is CCOC(=O)C(O)C(C)(OS(=O)(=O)c1ccc([N+](=O)[O-])cc1)C(=O)OCC. The van der Waals surface area contributed by atoms with E-state index in [1.807, 2.05) is 0 Å². The zero-order valence-electron chi connectivity index (χ0n) is 14.8. The molecule has 1 aromatic carbocycles. The molecule has 0 spiro atoms. The molecule has 150 valence electrons. The van der Waals surface area contributed by atoms with Crippen molar-refractivity contribution in [3.05, 3.63) is 34.4 Å². The van der Waals surface area contributed by atoms with Gasteiger partial charge in [-0.3, -0.25) is 10.1 Å². The van der Waals surface area contributed by atoms with Crippen molar-refractivity contribution in [2.75, 3.05) is 13.2 Å². The fraction of sp³-hybridized carbons (Fsp3) is 0.467. The van der Waals surface area contributed by atoms with Crippen molar-refractivity contribution in [1.82, 2.24) is 0 Å². The highest BCUT2D eigenvalue weighted by molar-refractivity contribution is 7.86. The Hall–Kier alpha value is -2.57. The lowest BCUT2D eigenvalue weighted by Gasteiger charge is -2.29. The van der Waals surface area contributed by atoms with Crippen molar-refractivity contribution in [1.29, 1.82) is 0 Å². The number of nitro benzene ring substituents is 1. The van der Waals surface area contributed by atoms with Crippen molar-refractivity contribution in [2.45, 2.75) is 37.4 Å². The number of carbonyl (C=O) groups excluding carboxylic acids is 2. The van der Waals surface area contributed by atoms with E-state index < -0.39 is 43.6 Å². The number of non-ortho nitro benzene ring substituents is 1. The summed E-state index contributed by atoms with van der Waals surface area (Å²) in [5.74, 6) is -2.59. The third-order valence-corrected chi connectivity index (χ3v) is 4.75. The van der Waals surface area contributed by atoms with E-state index in [2.05, 4.69) is 4.74 Å². The van der Waals surface area contributed by atoms with Crippen LogP contribution in [0.25, 0.3) is 0 Å². The molecule has 0 aromatic heterocycles. The van der Waals surface area contributed by atoms with Gasteiger partial charge in [-0.15, -0.1) is 0 Å². The largest absolute Gasteiger partial charge is 0.464 e. The standard InChI is InChI=1S/C15H19NO10S/c1-4-24-13(18)12(17)15(3,14(19)25-5-2)26-27(22,23)11-8-6-10(7-9-11)16(20)21/h6-9,12,17H,4-5H2,1-3H3. The van der Waals surface area contributed by atoms with Crippen LogP contribution in [0.15, 0.2) is 29.2 Å². The van der Waals surface area contributed by atoms with Crippen molar-refractivity contribution in [3.63, 3.8) is 0 Å². The van der Waals surface area contributed by atoms with Crippen LogP contribution < -0.4 is 0 Å². The Kier molecular flexibility index (Phi) is 7.39. The van der Waals surface area contributed by atoms with Crippen molar-refractivity contribution in [2.24, 2.45) is 0 Å².